The fourth-order valence-electron chi connectivity index (χ4n) is 3.59. The molecular formula is C23H29ClN2O5. The van der Waals surface area contributed by atoms with Crippen LogP contribution < -0.4 is 20.1 Å². The minimum Gasteiger partial charge on any atom is -0.485 e. The van der Waals surface area contributed by atoms with Gasteiger partial charge in [0.2, 0.25) is 5.91 Å². The highest BCUT2D eigenvalue weighted by Crippen LogP contribution is 2.44. The molecule has 8 heteroatoms. The number of amides is 1. The minimum absolute atomic E-state index is 0.00725. The zero-order valence-electron chi connectivity index (χ0n) is 18.0. The Labute approximate surface area is 187 Å². The van der Waals surface area contributed by atoms with Crippen LogP contribution in [-0.4, -0.2) is 49.0 Å². The number of ether oxygens (including phenoxy) is 3. The monoisotopic (exact) mass is 448 g/mol. The number of alkyl halides is 1. The maximum absolute atomic E-state index is 11.9. The summed E-state index contributed by atoms with van der Waals surface area (Å²) >= 11 is 5.66. The molecule has 0 saturated carbocycles. The van der Waals surface area contributed by atoms with E-state index < -0.39 is 17.7 Å². The maximum Gasteiger partial charge on any atom is 0.239 e. The first-order valence-electron chi connectivity index (χ1n) is 10.2. The van der Waals surface area contributed by atoms with E-state index in [1.54, 1.807) is 12.1 Å². The number of nitrogens with one attached hydrogen (secondary N) is 2. The van der Waals surface area contributed by atoms with Gasteiger partial charge in [0.1, 0.15) is 29.1 Å². The molecule has 3 N–H and O–H groups in total. The van der Waals surface area contributed by atoms with Crippen LogP contribution in [0.4, 0.5) is 5.69 Å². The number of fused-ring (bicyclic) bond motifs is 1. The number of benzene rings is 2. The Morgan fingerprint density at radius 2 is 2.00 bits per heavy atom. The third kappa shape index (κ3) is 5.68. The second-order valence-electron chi connectivity index (χ2n) is 7.94. The molecule has 3 rings (SSSR count). The van der Waals surface area contributed by atoms with Gasteiger partial charge in [-0.2, -0.15) is 0 Å². The fraction of sp³-hybridized carbons (Fsp3) is 0.435. The van der Waals surface area contributed by atoms with Crippen LogP contribution in [0.1, 0.15) is 31.0 Å². The lowest BCUT2D eigenvalue weighted by Crippen LogP contribution is -2.52. The van der Waals surface area contributed by atoms with Crippen molar-refractivity contribution >= 4 is 23.2 Å². The van der Waals surface area contributed by atoms with E-state index in [0.717, 1.165) is 12.0 Å². The minimum atomic E-state index is -0.823. The van der Waals surface area contributed by atoms with Crippen molar-refractivity contribution in [2.24, 2.45) is 0 Å². The smallest absolute Gasteiger partial charge is 0.239 e. The Hall–Kier alpha value is -2.32. The van der Waals surface area contributed by atoms with Crippen molar-refractivity contribution in [3.8, 4) is 11.5 Å². The number of hydrogen-bond donors (Lipinski definition) is 3. The van der Waals surface area contributed by atoms with Crippen molar-refractivity contribution in [1.82, 2.24) is 5.32 Å². The van der Waals surface area contributed by atoms with Crippen LogP contribution in [-0.2, 0) is 16.0 Å². The van der Waals surface area contributed by atoms with Crippen molar-refractivity contribution in [3.63, 3.8) is 0 Å². The highest BCUT2D eigenvalue weighted by atomic mass is 35.5. The quantitative estimate of drug-likeness (QED) is 0.403. The van der Waals surface area contributed by atoms with Gasteiger partial charge in [0, 0.05) is 18.7 Å². The molecule has 0 aromatic heterocycles. The van der Waals surface area contributed by atoms with Gasteiger partial charge in [-0.3, -0.25) is 4.79 Å². The van der Waals surface area contributed by atoms with E-state index in [9.17, 15) is 9.90 Å². The van der Waals surface area contributed by atoms with Crippen LogP contribution in [0.15, 0.2) is 42.5 Å². The molecule has 0 aliphatic carbocycles. The highest BCUT2D eigenvalue weighted by Gasteiger charge is 2.43. The topological polar surface area (TPSA) is 89.1 Å². The van der Waals surface area contributed by atoms with Crippen molar-refractivity contribution < 1.29 is 24.1 Å². The number of hydrogen-bond acceptors (Lipinski definition) is 6. The van der Waals surface area contributed by atoms with Crippen LogP contribution >= 0.6 is 11.6 Å². The van der Waals surface area contributed by atoms with Gasteiger partial charge in [0.15, 0.2) is 6.79 Å². The Morgan fingerprint density at radius 3 is 2.68 bits per heavy atom. The second kappa shape index (κ2) is 10.3. The molecule has 0 saturated heterocycles. The molecule has 1 amide bonds. The molecule has 2 atom stereocenters. The molecule has 1 aliphatic heterocycles. The Kier molecular flexibility index (Phi) is 7.78. The lowest BCUT2D eigenvalue weighted by atomic mass is 9.86. The summed E-state index contributed by atoms with van der Waals surface area (Å²) < 4.78 is 16.7. The predicted molar refractivity (Wildman–Crippen MR) is 120 cm³/mol. The number of halogens is 1. The number of rotatable bonds is 9. The Morgan fingerprint density at radius 1 is 1.26 bits per heavy atom. The molecule has 2 aromatic rings. The van der Waals surface area contributed by atoms with Gasteiger partial charge in [-0.15, -0.1) is 11.6 Å². The summed E-state index contributed by atoms with van der Waals surface area (Å²) in [5.41, 5.74) is 1.55. The summed E-state index contributed by atoms with van der Waals surface area (Å²) in [6.45, 7) is 4.34. The third-order valence-corrected chi connectivity index (χ3v) is 5.44. The van der Waals surface area contributed by atoms with E-state index in [1.165, 1.54) is 12.7 Å². The van der Waals surface area contributed by atoms with Crippen molar-refractivity contribution in [1.29, 1.82) is 0 Å². The molecule has 0 radical (unpaired) electrons. The molecule has 168 valence electrons. The normalized spacial score (nSPS) is 19.3. The molecule has 0 spiro atoms. The van der Waals surface area contributed by atoms with E-state index in [0.29, 0.717) is 23.7 Å². The molecule has 0 bridgehead atoms. The SMILES string of the molecule is COCOc1cc2c(cc1NC(=O)CCl)C(NCCc1ccccc1)C(O)C(C)(C)O2. The Bertz CT molecular complexity index is 891. The van der Waals surface area contributed by atoms with Crippen molar-refractivity contribution in [2.45, 2.75) is 38.0 Å². The van der Waals surface area contributed by atoms with E-state index in [2.05, 4.69) is 22.8 Å². The van der Waals surface area contributed by atoms with E-state index in [1.807, 2.05) is 32.0 Å². The van der Waals surface area contributed by atoms with E-state index >= 15 is 0 Å². The first-order chi connectivity index (χ1) is 14.9. The summed E-state index contributed by atoms with van der Waals surface area (Å²) in [6, 6.07) is 13.2. The second-order valence-corrected chi connectivity index (χ2v) is 8.20. The van der Waals surface area contributed by atoms with Gasteiger partial charge in [0.25, 0.3) is 0 Å². The van der Waals surface area contributed by atoms with E-state index in [-0.39, 0.29) is 18.6 Å². The van der Waals surface area contributed by atoms with Crippen LogP contribution in [0.5, 0.6) is 11.5 Å². The van der Waals surface area contributed by atoms with Crippen molar-refractivity contribution in [2.75, 3.05) is 31.6 Å². The molecular weight excluding hydrogens is 420 g/mol. The van der Waals surface area contributed by atoms with Gasteiger partial charge >= 0.3 is 0 Å². The van der Waals surface area contributed by atoms with Gasteiger partial charge in [-0.1, -0.05) is 30.3 Å². The highest BCUT2D eigenvalue weighted by molar-refractivity contribution is 6.29. The number of aliphatic hydroxyl groups is 1. The average Bonchev–Trinajstić information content (AvgIpc) is 2.76. The Balaban J connectivity index is 1.90. The van der Waals surface area contributed by atoms with E-state index in [4.69, 9.17) is 25.8 Å². The molecule has 31 heavy (non-hydrogen) atoms. The zero-order valence-corrected chi connectivity index (χ0v) is 18.7. The zero-order chi connectivity index (χ0) is 22.4. The van der Waals surface area contributed by atoms with Crippen molar-refractivity contribution in [3.05, 3.63) is 53.6 Å². The summed E-state index contributed by atoms with van der Waals surface area (Å²) in [6.07, 6.45) is 0.00375. The third-order valence-electron chi connectivity index (χ3n) is 5.20. The first-order valence-corrected chi connectivity index (χ1v) is 10.7. The lowest BCUT2D eigenvalue weighted by Gasteiger charge is -2.42. The van der Waals surface area contributed by atoms with Crippen LogP contribution in [0.3, 0.4) is 0 Å². The molecule has 7 nitrogen and oxygen atoms in total. The molecule has 2 unspecified atom stereocenters. The van der Waals surface area contributed by atoms with Gasteiger partial charge in [-0.25, -0.2) is 0 Å². The average molecular weight is 449 g/mol. The molecule has 0 fully saturated rings. The van der Waals surface area contributed by atoms with Gasteiger partial charge < -0.3 is 30.0 Å². The standard InChI is InChI=1S/C23H29ClN2O5/c1-23(2)22(28)21(25-10-9-15-7-5-4-6-8-15)16-11-17(26-20(27)13-24)19(30-14-29-3)12-18(16)31-23/h4-8,11-12,21-22,25,28H,9-10,13-14H2,1-3H3,(H,26,27). The molecule has 1 heterocycles. The summed E-state index contributed by atoms with van der Waals surface area (Å²) in [4.78, 5) is 11.9. The summed E-state index contributed by atoms with van der Waals surface area (Å²) in [5, 5.41) is 17.2. The van der Waals surface area contributed by atoms with Gasteiger partial charge in [0.05, 0.1) is 11.7 Å². The summed E-state index contributed by atoms with van der Waals surface area (Å²) in [5.74, 6) is 0.415. The predicted octanol–water partition coefficient (Wildman–Crippen LogP) is 3.25. The number of methoxy groups -OCH3 is 1. The number of carbonyl (C=O) groups excluding carboxylic acids is 1. The maximum atomic E-state index is 11.9. The fourth-order valence-corrected chi connectivity index (χ4v) is 3.65. The molecule has 1 aliphatic rings. The van der Waals surface area contributed by atoms with Crippen LogP contribution in [0, 0.1) is 0 Å². The first kappa shape index (κ1) is 23.3. The lowest BCUT2D eigenvalue weighted by molar-refractivity contribution is -0.114. The molecule has 2 aromatic carbocycles. The van der Waals surface area contributed by atoms with Crippen LogP contribution in [0.25, 0.3) is 0 Å². The largest absolute Gasteiger partial charge is 0.485 e. The number of anilines is 1. The number of carbonyl (C=O) groups is 1. The number of aliphatic hydroxyl groups excluding tert-OH is 1. The van der Waals surface area contributed by atoms with Crippen LogP contribution in [0.2, 0.25) is 0 Å². The van der Waals surface area contributed by atoms with Gasteiger partial charge in [-0.05, 0) is 38.4 Å². The summed E-state index contributed by atoms with van der Waals surface area (Å²) in [7, 11) is 1.51.